The maximum Gasteiger partial charge on any atom is 0.243 e. The van der Waals surface area contributed by atoms with Gasteiger partial charge in [0.15, 0.2) is 0 Å². The van der Waals surface area contributed by atoms with Crippen LogP contribution in [0, 0.1) is 11.7 Å². The monoisotopic (exact) mass is 478 g/mol. The molecule has 2 N–H and O–H groups in total. The van der Waals surface area contributed by atoms with Gasteiger partial charge in [0.05, 0.1) is 15.9 Å². The molecule has 3 aromatic carbocycles. The molecule has 34 heavy (non-hydrogen) atoms. The summed E-state index contributed by atoms with van der Waals surface area (Å²) in [7, 11) is -3.70. The van der Waals surface area contributed by atoms with Gasteiger partial charge in [0.2, 0.25) is 15.9 Å². The molecule has 1 aliphatic rings. The predicted octanol–water partition coefficient (Wildman–Crippen LogP) is 4.41. The molecule has 9 heteroatoms. The van der Waals surface area contributed by atoms with Crippen molar-refractivity contribution < 1.29 is 17.6 Å². The molecule has 4 aromatic rings. The van der Waals surface area contributed by atoms with Crippen LogP contribution in [0.25, 0.3) is 22.4 Å². The highest BCUT2D eigenvalue weighted by atomic mass is 32.2. The van der Waals surface area contributed by atoms with E-state index in [4.69, 9.17) is 0 Å². The Bertz CT molecular complexity index is 1390. The maximum atomic E-state index is 13.1. The lowest BCUT2D eigenvalue weighted by Gasteiger charge is -2.30. The Labute approximate surface area is 196 Å². The average molecular weight is 479 g/mol. The highest BCUT2D eigenvalue weighted by Gasteiger charge is 2.32. The molecule has 1 aliphatic heterocycles. The molecule has 0 spiro atoms. The summed E-state index contributed by atoms with van der Waals surface area (Å²) in [5.74, 6) is -0.140. The van der Waals surface area contributed by atoms with E-state index in [2.05, 4.69) is 15.3 Å². The van der Waals surface area contributed by atoms with Crippen LogP contribution in [0.3, 0.4) is 0 Å². The highest BCUT2D eigenvalue weighted by molar-refractivity contribution is 7.89. The predicted molar refractivity (Wildman–Crippen MR) is 128 cm³/mol. The fraction of sp³-hybridized carbons (Fsp3) is 0.200. The average Bonchev–Trinajstić information content (AvgIpc) is 3.29. The third kappa shape index (κ3) is 4.44. The second-order valence-electron chi connectivity index (χ2n) is 8.30. The normalized spacial score (nSPS) is 15.4. The number of H-pyrrole nitrogens is 1. The van der Waals surface area contributed by atoms with Crippen LogP contribution in [-0.2, 0) is 14.8 Å². The number of hydrogen-bond donors (Lipinski definition) is 2. The third-order valence-electron chi connectivity index (χ3n) is 6.09. The number of rotatable bonds is 5. The first-order chi connectivity index (χ1) is 16.4. The molecule has 0 radical (unpaired) electrons. The number of nitrogens with zero attached hydrogens (tertiary/aromatic N) is 2. The van der Waals surface area contributed by atoms with E-state index in [-0.39, 0.29) is 29.8 Å². The number of aromatic amines is 1. The molecule has 1 aromatic heterocycles. The van der Waals surface area contributed by atoms with Gasteiger partial charge in [0.25, 0.3) is 0 Å². The van der Waals surface area contributed by atoms with E-state index >= 15 is 0 Å². The first kappa shape index (κ1) is 22.2. The maximum absolute atomic E-state index is 13.1. The van der Waals surface area contributed by atoms with Crippen molar-refractivity contribution in [1.29, 1.82) is 0 Å². The van der Waals surface area contributed by atoms with E-state index in [0.29, 0.717) is 18.5 Å². The standard InChI is InChI=1S/C25H23FN4O3S/c26-19-7-11-21(12-8-19)34(32,33)30-15-13-18(14-16-30)25(31)27-20-9-5-17(6-10-20)24-28-22-3-1-2-4-23(22)29-24/h1-12,18H,13-16H2,(H,27,31)(H,28,29). The fourth-order valence-electron chi connectivity index (χ4n) is 4.16. The summed E-state index contributed by atoms with van der Waals surface area (Å²) in [5.41, 5.74) is 3.44. The van der Waals surface area contributed by atoms with Gasteiger partial charge in [0.1, 0.15) is 11.6 Å². The molecule has 5 rings (SSSR count). The molecule has 0 saturated carbocycles. The first-order valence-electron chi connectivity index (χ1n) is 11.0. The molecule has 0 atom stereocenters. The molecular formula is C25H23FN4O3S. The largest absolute Gasteiger partial charge is 0.338 e. The highest BCUT2D eigenvalue weighted by Crippen LogP contribution is 2.26. The number of carbonyl (C=O) groups is 1. The number of hydrogen-bond acceptors (Lipinski definition) is 4. The van der Waals surface area contributed by atoms with Gasteiger partial charge in [-0.05, 0) is 73.5 Å². The number of nitrogens with one attached hydrogen (secondary N) is 2. The van der Waals surface area contributed by atoms with E-state index in [1.807, 2.05) is 48.5 Å². The molecule has 1 amide bonds. The third-order valence-corrected chi connectivity index (χ3v) is 8.00. The molecule has 0 aliphatic carbocycles. The van der Waals surface area contributed by atoms with Crippen LogP contribution < -0.4 is 5.32 Å². The van der Waals surface area contributed by atoms with Gasteiger partial charge in [-0.25, -0.2) is 17.8 Å². The summed E-state index contributed by atoms with van der Waals surface area (Å²) in [6, 6.07) is 20.0. The quantitative estimate of drug-likeness (QED) is 0.444. The molecule has 7 nitrogen and oxygen atoms in total. The van der Waals surface area contributed by atoms with Crippen molar-refractivity contribution in [2.24, 2.45) is 5.92 Å². The summed E-state index contributed by atoms with van der Waals surface area (Å²) in [6.07, 6.45) is 0.840. The summed E-state index contributed by atoms with van der Waals surface area (Å²) in [6.45, 7) is 0.478. The van der Waals surface area contributed by atoms with Gasteiger partial charge in [-0.3, -0.25) is 4.79 Å². The summed E-state index contributed by atoms with van der Waals surface area (Å²) in [4.78, 5) is 20.7. The van der Waals surface area contributed by atoms with Crippen LogP contribution in [0.1, 0.15) is 12.8 Å². The van der Waals surface area contributed by atoms with Gasteiger partial charge in [-0.15, -0.1) is 0 Å². The topological polar surface area (TPSA) is 95.2 Å². The summed E-state index contributed by atoms with van der Waals surface area (Å²) < 4.78 is 40.0. The van der Waals surface area contributed by atoms with Crippen molar-refractivity contribution in [3.63, 3.8) is 0 Å². The van der Waals surface area contributed by atoms with Gasteiger partial charge >= 0.3 is 0 Å². The van der Waals surface area contributed by atoms with Crippen molar-refractivity contribution in [3.05, 3.63) is 78.6 Å². The Balaban J connectivity index is 1.19. The Morgan fingerprint density at radius 1 is 0.971 bits per heavy atom. The minimum Gasteiger partial charge on any atom is -0.338 e. The summed E-state index contributed by atoms with van der Waals surface area (Å²) >= 11 is 0. The van der Waals surface area contributed by atoms with Crippen LogP contribution in [0.4, 0.5) is 10.1 Å². The van der Waals surface area contributed by atoms with E-state index in [0.717, 1.165) is 34.6 Å². The minimum absolute atomic E-state index is 0.0568. The van der Waals surface area contributed by atoms with Crippen molar-refractivity contribution in [2.75, 3.05) is 18.4 Å². The molecule has 1 saturated heterocycles. The molecule has 0 bridgehead atoms. The number of anilines is 1. The Hall–Kier alpha value is -3.56. The van der Waals surface area contributed by atoms with Crippen LogP contribution in [-0.4, -0.2) is 41.7 Å². The zero-order chi connectivity index (χ0) is 23.7. The van der Waals surface area contributed by atoms with Gasteiger partial charge in [0, 0.05) is 30.3 Å². The number of halogens is 1. The summed E-state index contributed by atoms with van der Waals surface area (Å²) in [5, 5.41) is 2.93. The second-order valence-corrected chi connectivity index (χ2v) is 10.2. The molecule has 2 heterocycles. The van der Waals surface area contributed by atoms with E-state index in [1.54, 1.807) is 0 Å². The van der Waals surface area contributed by atoms with Crippen LogP contribution in [0.5, 0.6) is 0 Å². The number of carbonyl (C=O) groups excluding carboxylic acids is 1. The molecule has 174 valence electrons. The van der Waals surface area contributed by atoms with Crippen molar-refractivity contribution in [1.82, 2.24) is 14.3 Å². The molecule has 0 unspecified atom stereocenters. The number of para-hydroxylation sites is 2. The number of fused-ring (bicyclic) bond motifs is 1. The molecule has 1 fully saturated rings. The Morgan fingerprint density at radius 3 is 2.32 bits per heavy atom. The number of piperidine rings is 1. The van der Waals surface area contributed by atoms with Gasteiger partial charge < -0.3 is 10.3 Å². The first-order valence-corrected chi connectivity index (χ1v) is 12.5. The number of amides is 1. The lowest BCUT2D eigenvalue weighted by Crippen LogP contribution is -2.41. The fourth-order valence-corrected chi connectivity index (χ4v) is 5.63. The van der Waals surface area contributed by atoms with Crippen LogP contribution in [0.2, 0.25) is 0 Å². The zero-order valence-electron chi connectivity index (χ0n) is 18.2. The Morgan fingerprint density at radius 2 is 1.65 bits per heavy atom. The number of aromatic nitrogens is 2. The van der Waals surface area contributed by atoms with E-state index in [1.165, 1.54) is 16.4 Å². The van der Waals surface area contributed by atoms with Gasteiger partial charge in [-0.2, -0.15) is 4.31 Å². The molecular weight excluding hydrogens is 455 g/mol. The lowest BCUT2D eigenvalue weighted by molar-refractivity contribution is -0.120. The zero-order valence-corrected chi connectivity index (χ0v) is 19.1. The minimum atomic E-state index is -3.70. The van der Waals surface area contributed by atoms with Crippen molar-refractivity contribution >= 4 is 32.7 Å². The van der Waals surface area contributed by atoms with E-state index < -0.39 is 15.8 Å². The number of sulfonamides is 1. The lowest BCUT2D eigenvalue weighted by atomic mass is 9.97. The van der Waals surface area contributed by atoms with Crippen LogP contribution >= 0.6 is 0 Å². The number of imidazole rings is 1. The van der Waals surface area contributed by atoms with Crippen molar-refractivity contribution in [2.45, 2.75) is 17.7 Å². The van der Waals surface area contributed by atoms with Crippen molar-refractivity contribution in [3.8, 4) is 11.4 Å². The van der Waals surface area contributed by atoms with E-state index in [9.17, 15) is 17.6 Å². The number of benzene rings is 3. The smallest absolute Gasteiger partial charge is 0.243 e. The second kappa shape index (κ2) is 9.00. The van der Waals surface area contributed by atoms with Gasteiger partial charge in [-0.1, -0.05) is 12.1 Å². The SMILES string of the molecule is O=C(Nc1ccc(-c2nc3ccccc3[nH]2)cc1)C1CCN(S(=O)(=O)c2ccc(F)cc2)CC1. The Kier molecular flexibility index (Phi) is 5.89. The van der Waals surface area contributed by atoms with Crippen LogP contribution in [0.15, 0.2) is 77.7 Å².